The number of rotatable bonds is 3. The molecule has 1 aromatic rings. The second-order valence-electron chi connectivity index (χ2n) is 3.47. The molecule has 8 heteroatoms. The highest BCUT2D eigenvalue weighted by molar-refractivity contribution is 5.09. The lowest BCUT2D eigenvalue weighted by molar-refractivity contribution is -0.398. The van der Waals surface area contributed by atoms with Crippen LogP contribution in [0.4, 0.5) is 10.3 Å². The lowest BCUT2D eigenvalue weighted by Gasteiger charge is -2.12. The Morgan fingerprint density at radius 2 is 2.56 bits per heavy atom. The third kappa shape index (κ3) is 1.76. The molecular weight excluding hydrogens is 221 g/mol. The lowest BCUT2D eigenvalue weighted by atomic mass is 10.2. The molecule has 0 bridgehead atoms. The number of ether oxygens (including phenoxy) is 1. The van der Waals surface area contributed by atoms with Gasteiger partial charge < -0.3 is 20.0 Å². The maximum atomic E-state index is 13.5. The van der Waals surface area contributed by atoms with Gasteiger partial charge in [0.1, 0.15) is 12.4 Å². The van der Waals surface area contributed by atoms with Gasteiger partial charge in [0.15, 0.2) is 6.17 Å². The molecule has 0 aliphatic carbocycles. The zero-order chi connectivity index (χ0) is 11.7. The molecule has 1 aromatic heterocycles. The van der Waals surface area contributed by atoms with E-state index in [-0.39, 0.29) is 13.0 Å². The second-order valence-corrected chi connectivity index (χ2v) is 3.47. The molecule has 0 radical (unpaired) electrons. The zero-order valence-electron chi connectivity index (χ0n) is 8.19. The van der Waals surface area contributed by atoms with E-state index < -0.39 is 29.4 Å². The third-order valence-electron chi connectivity index (χ3n) is 2.42. The molecule has 1 aliphatic heterocycles. The molecule has 1 unspecified atom stereocenters. The molecule has 7 nitrogen and oxygen atoms in total. The van der Waals surface area contributed by atoms with Crippen LogP contribution in [0.15, 0.2) is 12.4 Å². The SMILES string of the molecule is O=[N+]([O-])c1nccn1C1O[C@H](CO)C[C@@H]1F. The van der Waals surface area contributed by atoms with Crippen LogP contribution in [0.3, 0.4) is 0 Å². The van der Waals surface area contributed by atoms with Gasteiger partial charge >= 0.3 is 5.95 Å². The number of hydrogen-bond donors (Lipinski definition) is 1. The van der Waals surface area contributed by atoms with E-state index >= 15 is 0 Å². The number of aromatic nitrogens is 2. The molecule has 1 saturated heterocycles. The van der Waals surface area contributed by atoms with E-state index in [9.17, 15) is 14.5 Å². The Hall–Kier alpha value is -1.54. The predicted molar refractivity (Wildman–Crippen MR) is 49.4 cm³/mol. The second kappa shape index (κ2) is 4.14. The van der Waals surface area contributed by atoms with Crippen LogP contribution in [0.25, 0.3) is 0 Å². The van der Waals surface area contributed by atoms with Crippen molar-refractivity contribution in [3.05, 3.63) is 22.5 Å². The van der Waals surface area contributed by atoms with Crippen LogP contribution in [0.1, 0.15) is 12.6 Å². The highest BCUT2D eigenvalue weighted by Gasteiger charge is 2.40. The van der Waals surface area contributed by atoms with Crippen LogP contribution in [0, 0.1) is 10.1 Å². The zero-order valence-corrected chi connectivity index (χ0v) is 8.19. The van der Waals surface area contributed by atoms with Crippen molar-refractivity contribution in [3.8, 4) is 0 Å². The van der Waals surface area contributed by atoms with Gasteiger partial charge in [0.2, 0.25) is 6.23 Å². The van der Waals surface area contributed by atoms with Gasteiger partial charge in [0, 0.05) is 6.42 Å². The minimum Gasteiger partial charge on any atom is -0.394 e. The first-order valence-corrected chi connectivity index (χ1v) is 4.71. The Morgan fingerprint density at radius 3 is 3.12 bits per heavy atom. The van der Waals surface area contributed by atoms with Gasteiger partial charge in [0.25, 0.3) is 0 Å². The highest BCUT2D eigenvalue weighted by atomic mass is 19.1. The average Bonchev–Trinajstić information content (AvgIpc) is 2.82. The third-order valence-corrected chi connectivity index (χ3v) is 2.42. The van der Waals surface area contributed by atoms with Gasteiger partial charge in [0.05, 0.1) is 12.7 Å². The molecule has 2 heterocycles. The number of alkyl halides is 1. The number of halogens is 1. The van der Waals surface area contributed by atoms with E-state index in [1.165, 1.54) is 12.4 Å². The number of aliphatic hydroxyl groups excluding tert-OH is 1. The first-order chi connectivity index (χ1) is 7.63. The van der Waals surface area contributed by atoms with Crippen LogP contribution < -0.4 is 0 Å². The molecule has 16 heavy (non-hydrogen) atoms. The summed E-state index contributed by atoms with van der Waals surface area (Å²) in [5, 5.41) is 19.4. The molecule has 2 rings (SSSR count). The fourth-order valence-corrected chi connectivity index (χ4v) is 1.71. The van der Waals surface area contributed by atoms with E-state index in [2.05, 4.69) is 4.98 Å². The van der Waals surface area contributed by atoms with Gasteiger partial charge in [-0.2, -0.15) is 4.57 Å². The molecule has 88 valence electrons. The van der Waals surface area contributed by atoms with Crippen molar-refractivity contribution in [2.45, 2.75) is 24.9 Å². The minimum absolute atomic E-state index is 0.0243. The standard InChI is InChI=1S/C8H10FN3O4/c9-6-3-5(4-13)16-7(6)11-2-1-10-8(11)12(14)15/h1-2,5-7,13H,3-4H2/t5-,6-,7?/m0/s1. The summed E-state index contributed by atoms with van der Waals surface area (Å²) >= 11 is 0. The Kier molecular flexibility index (Phi) is 2.84. The van der Waals surface area contributed by atoms with Crippen molar-refractivity contribution >= 4 is 5.95 Å². The number of nitrogens with zero attached hydrogens (tertiary/aromatic N) is 3. The molecule has 1 fully saturated rings. The summed E-state index contributed by atoms with van der Waals surface area (Å²) in [7, 11) is 0. The maximum Gasteiger partial charge on any atom is 0.436 e. The lowest BCUT2D eigenvalue weighted by Crippen LogP contribution is -2.18. The van der Waals surface area contributed by atoms with Gasteiger partial charge in [-0.15, -0.1) is 0 Å². The first kappa shape index (κ1) is 11.0. The normalized spacial score (nSPS) is 29.5. The summed E-state index contributed by atoms with van der Waals surface area (Å²) in [6.45, 7) is -0.306. The molecule has 3 atom stereocenters. The quantitative estimate of drug-likeness (QED) is 0.601. The van der Waals surface area contributed by atoms with E-state index in [1.807, 2.05) is 0 Å². The Bertz CT molecular complexity index is 396. The fraction of sp³-hybridized carbons (Fsp3) is 0.625. The van der Waals surface area contributed by atoms with Crippen LogP contribution in [-0.2, 0) is 4.74 Å². The largest absolute Gasteiger partial charge is 0.436 e. The number of aliphatic hydroxyl groups is 1. The molecule has 0 spiro atoms. The van der Waals surface area contributed by atoms with Crippen molar-refractivity contribution < 1.29 is 19.2 Å². The highest BCUT2D eigenvalue weighted by Crippen LogP contribution is 2.33. The summed E-state index contributed by atoms with van der Waals surface area (Å²) in [5.74, 6) is -0.466. The molecule has 0 saturated carbocycles. The summed E-state index contributed by atoms with van der Waals surface area (Å²) in [5.41, 5.74) is 0. The van der Waals surface area contributed by atoms with Crippen LogP contribution in [0.5, 0.6) is 0 Å². The van der Waals surface area contributed by atoms with E-state index in [4.69, 9.17) is 9.84 Å². The van der Waals surface area contributed by atoms with Crippen LogP contribution in [-0.4, -0.2) is 38.5 Å². The Balaban J connectivity index is 2.24. The number of imidazole rings is 1. The summed E-state index contributed by atoms with van der Waals surface area (Å²) in [6.07, 6.45) is -0.571. The number of hydrogen-bond acceptors (Lipinski definition) is 5. The summed E-state index contributed by atoms with van der Waals surface area (Å²) in [4.78, 5) is 13.4. The molecule has 0 aromatic carbocycles. The fourth-order valence-electron chi connectivity index (χ4n) is 1.71. The van der Waals surface area contributed by atoms with Gasteiger partial charge in [-0.3, -0.25) is 0 Å². The first-order valence-electron chi connectivity index (χ1n) is 4.71. The van der Waals surface area contributed by atoms with Gasteiger partial charge in [-0.1, -0.05) is 4.98 Å². The molecular formula is C8H10FN3O4. The van der Waals surface area contributed by atoms with Crippen LogP contribution >= 0.6 is 0 Å². The Morgan fingerprint density at radius 1 is 1.81 bits per heavy atom. The average molecular weight is 231 g/mol. The van der Waals surface area contributed by atoms with E-state index in [1.54, 1.807) is 0 Å². The van der Waals surface area contributed by atoms with Crippen molar-refractivity contribution in [3.63, 3.8) is 0 Å². The van der Waals surface area contributed by atoms with Gasteiger partial charge in [-0.05, 0) is 4.92 Å². The van der Waals surface area contributed by atoms with E-state index in [0.29, 0.717) is 0 Å². The predicted octanol–water partition coefficient (Wildman–Crippen LogP) is 0.409. The van der Waals surface area contributed by atoms with Crippen molar-refractivity contribution in [1.82, 2.24) is 9.55 Å². The molecule has 0 amide bonds. The topological polar surface area (TPSA) is 90.4 Å². The Labute approximate surface area is 89.6 Å². The molecule has 1 N–H and O–H groups in total. The summed E-state index contributed by atoms with van der Waals surface area (Å²) < 4.78 is 19.7. The van der Waals surface area contributed by atoms with Crippen LogP contribution in [0.2, 0.25) is 0 Å². The minimum atomic E-state index is -1.38. The maximum absolute atomic E-state index is 13.5. The molecule has 1 aliphatic rings. The summed E-state index contributed by atoms with van der Waals surface area (Å²) in [6, 6.07) is 0. The smallest absolute Gasteiger partial charge is 0.394 e. The van der Waals surface area contributed by atoms with E-state index in [0.717, 1.165) is 4.57 Å². The van der Waals surface area contributed by atoms with Crippen molar-refractivity contribution in [1.29, 1.82) is 0 Å². The van der Waals surface area contributed by atoms with Crippen molar-refractivity contribution in [2.24, 2.45) is 0 Å². The van der Waals surface area contributed by atoms with Crippen molar-refractivity contribution in [2.75, 3.05) is 6.61 Å². The monoisotopic (exact) mass is 231 g/mol. The van der Waals surface area contributed by atoms with Gasteiger partial charge in [-0.25, -0.2) is 4.39 Å². The number of nitro groups is 1.